The first-order chi connectivity index (χ1) is 11.5. The van der Waals surface area contributed by atoms with Crippen molar-refractivity contribution in [1.82, 2.24) is 4.98 Å². The van der Waals surface area contributed by atoms with E-state index in [4.69, 9.17) is 14.6 Å². The highest BCUT2D eigenvalue weighted by molar-refractivity contribution is 7.15. The largest absolute Gasteiger partial charge is 0.466 e. The molecule has 2 aromatic heterocycles. The molecule has 24 heavy (non-hydrogen) atoms. The Morgan fingerprint density at radius 3 is 2.96 bits per heavy atom. The van der Waals surface area contributed by atoms with Crippen LogP contribution in [0.2, 0.25) is 0 Å². The van der Waals surface area contributed by atoms with Crippen molar-refractivity contribution in [2.45, 2.75) is 20.3 Å². The summed E-state index contributed by atoms with van der Waals surface area (Å²) in [4.78, 5) is 16.9. The Kier molecular flexibility index (Phi) is 4.44. The zero-order valence-corrected chi connectivity index (χ0v) is 14.0. The molecule has 0 spiro atoms. The highest BCUT2D eigenvalue weighted by Gasteiger charge is 2.16. The normalized spacial score (nSPS) is 11.0. The fourth-order valence-corrected chi connectivity index (χ4v) is 3.37. The van der Waals surface area contributed by atoms with Crippen LogP contribution in [0.4, 0.5) is 4.39 Å². The summed E-state index contributed by atoms with van der Waals surface area (Å²) in [6, 6.07) is 5.92. The van der Waals surface area contributed by atoms with Crippen LogP contribution in [0.25, 0.3) is 21.5 Å². The molecule has 0 saturated carbocycles. The second kappa shape index (κ2) is 6.52. The first kappa shape index (κ1) is 16.3. The minimum Gasteiger partial charge on any atom is -0.466 e. The van der Waals surface area contributed by atoms with Crippen molar-refractivity contribution in [3.63, 3.8) is 0 Å². The summed E-state index contributed by atoms with van der Waals surface area (Å²) < 4.78 is 23.6. The maximum Gasteiger partial charge on any atom is 0.311 e. The number of hydrogen-bond acceptors (Lipinski definition) is 6. The predicted molar refractivity (Wildman–Crippen MR) is 88.2 cm³/mol. The number of ether oxygens (including phenoxy) is 1. The quantitative estimate of drug-likeness (QED) is 0.733. The van der Waals surface area contributed by atoms with Gasteiger partial charge in [0.25, 0.3) is 0 Å². The van der Waals surface area contributed by atoms with Gasteiger partial charge in [0.15, 0.2) is 0 Å². The molecule has 0 aliphatic carbocycles. The number of nitrogens with one attached hydrogen (secondary N) is 1. The van der Waals surface area contributed by atoms with E-state index in [9.17, 15) is 9.18 Å². The van der Waals surface area contributed by atoms with Crippen molar-refractivity contribution in [2.24, 2.45) is 0 Å². The molecule has 0 bridgehead atoms. The van der Waals surface area contributed by atoms with E-state index in [1.54, 1.807) is 19.1 Å². The minimum absolute atomic E-state index is 0.0930. The highest BCUT2D eigenvalue weighted by atomic mass is 32.1. The number of carbonyl (C=O) groups excluding carboxylic acids is 1. The van der Waals surface area contributed by atoms with Gasteiger partial charge in [-0.25, -0.2) is 9.37 Å². The summed E-state index contributed by atoms with van der Waals surface area (Å²) in [6.45, 7) is 3.90. The van der Waals surface area contributed by atoms with Gasteiger partial charge < -0.3 is 9.15 Å². The summed E-state index contributed by atoms with van der Waals surface area (Å²) in [7, 11) is 0. The van der Waals surface area contributed by atoms with Gasteiger partial charge in [-0.05, 0) is 32.0 Å². The number of fused-ring (bicyclic) bond motifs is 1. The Morgan fingerprint density at radius 2 is 2.21 bits per heavy atom. The highest BCUT2D eigenvalue weighted by Crippen LogP contribution is 2.28. The lowest BCUT2D eigenvalue weighted by Crippen LogP contribution is -2.07. The molecule has 124 valence electrons. The smallest absolute Gasteiger partial charge is 0.311 e. The van der Waals surface area contributed by atoms with Gasteiger partial charge in [-0.3, -0.25) is 10.2 Å². The van der Waals surface area contributed by atoms with Gasteiger partial charge in [0.1, 0.15) is 16.4 Å². The van der Waals surface area contributed by atoms with Crippen molar-refractivity contribution in [2.75, 3.05) is 6.61 Å². The molecular weight excluding hydrogens is 331 g/mol. The molecule has 0 aliphatic heterocycles. The number of thiazole rings is 1. The summed E-state index contributed by atoms with van der Waals surface area (Å²) >= 11 is 1.33. The Labute approximate surface area is 141 Å². The fourth-order valence-electron chi connectivity index (χ4n) is 2.31. The molecule has 1 aromatic carbocycles. The van der Waals surface area contributed by atoms with Gasteiger partial charge in [0.05, 0.1) is 24.3 Å². The second-order valence-corrected chi connectivity index (χ2v) is 6.26. The Balaban J connectivity index is 2.01. The first-order valence-corrected chi connectivity index (χ1v) is 8.20. The van der Waals surface area contributed by atoms with Gasteiger partial charge in [-0.2, -0.15) is 0 Å². The number of benzene rings is 1. The second-order valence-electron chi connectivity index (χ2n) is 5.18. The number of halogens is 1. The number of aryl methyl sites for hydroxylation is 1. The van der Waals surface area contributed by atoms with Crippen LogP contribution < -0.4 is 5.55 Å². The number of carbonyl (C=O) groups is 1. The topological polar surface area (TPSA) is 76.2 Å². The molecule has 0 amide bonds. The molecule has 0 atom stereocenters. The maximum atomic E-state index is 13.3. The lowest BCUT2D eigenvalue weighted by Gasteiger charge is -2.01. The van der Waals surface area contributed by atoms with E-state index in [0.717, 1.165) is 10.6 Å². The van der Waals surface area contributed by atoms with E-state index < -0.39 is 5.82 Å². The molecule has 0 unspecified atom stereocenters. The lowest BCUT2D eigenvalue weighted by molar-refractivity contribution is -0.142. The van der Waals surface area contributed by atoms with Gasteiger partial charge in [0, 0.05) is 16.3 Å². The van der Waals surface area contributed by atoms with Crippen LogP contribution in [-0.2, 0) is 16.0 Å². The molecule has 0 saturated heterocycles. The van der Waals surface area contributed by atoms with Crippen molar-refractivity contribution < 1.29 is 18.3 Å². The first-order valence-electron chi connectivity index (χ1n) is 7.38. The molecule has 7 heteroatoms. The van der Waals surface area contributed by atoms with Crippen molar-refractivity contribution in [3.8, 4) is 10.6 Å². The molecular formula is C17H15FN2O3S. The van der Waals surface area contributed by atoms with Crippen LogP contribution in [0.1, 0.15) is 17.5 Å². The molecule has 0 fully saturated rings. The Hall–Kier alpha value is -2.54. The summed E-state index contributed by atoms with van der Waals surface area (Å²) in [5.41, 5.74) is 1.45. The van der Waals surface area contributed by atoms with E-state index in [2.05, 4.69) is 4.98 Å². The molecule has 2 heterocycles. The van der Waals surface area contributed by atoms with E-state index in [1.165, 1.54) is 23.5 Å². The van der Waals surface area contributed by atoms with Gasteiger partial charge >= 0.3 is 5.97 Å². The van der Waals surface area contributed by atoms with E-state index in [1.807, 2.05) is 6.92 Å². The van der Waals surface area contributed by atoms with Crippen molar-refractivity contribution >= 4 is 28.3 Å². The third kappa shape index (κ3) is 3.21. The van der Waals surface area contributed by atoms with Crippen LogP contribution in [0.3, 0.4) is 0 Å². The summed E-state index contributed by atoms with van der Waals surface area (Å²) in [5, 5.41) is 9.31. The molecule has 1 N–H and O–H groups in total. The number of esters is 1. The summed E-state index contributed by atoms with van der Waals surface area (Å²) in [6.07, 6.45) is 0.153. The fraction of sp³-hybridized carbons (Fsp3) is 0.235. The summed E-state index contributed by atoms with van der Waals surface area (Å²) in [5.74, 6) is -0.721. The zero-order chi connectivity index (χ0) is 17.3. The average molecular weight is 346 g/mol. The van der Waals surface area contributed by atoms with Gasteiger partial charge in [0.2, 0.25) is 5.55 Å². The van der Waals surface area contributed by atoms with E-state index in [-0.39, 0.29) is 17.9 Å². The van der Waals surface area contributed by atoms with Crippen LogP contribution in [0.15, 0.2) is 28.7 Å². The minimum atomic E-state index is -0.416. The molecule has 5 nitrogen and oxygen atoms in total. The molecule has 3 rings (SSSR count). The standard InChI is InChI=1S/C17H15FN2O3S/c1-3-22-15(21)8-14-9(2)20-17(24-14)12-6-10-4-5-11(18)7-13(10)23-16(12)19/h4-7,19H,3,8H2,1-2H3. The number of nitrogens with zero attached hydrogens (tertiary/aromatic N) is 1. The van der Waals surface area contributed by atoms with Crippen LogP contribution in [0.5, 0.6) is 0 Å². The van der Waals surface area contributed by atoms with Crippen LogP contribution in [-0.4, -0.2) is 17.6 Å². The average Bonchev–Trinajstić information content (AvgIpc) is 2.87. The van der Waals surface area contributed by atoms with E-state index in [0.29, 0.717) is 28.1 Å². The third-order valence-electron chi connectivity index (χ3n) is 3.47. The molecule has 0 aliphatic rings. The van der Waals surface area contributed by atoms with Crippen molar-refractivity contribution in [3.05, 3.63) is 46.2 Å². The molecule has 0 radical (unpaired) electrons. The zero-order valence-electron chi connectivity index (χ0n) is 13.2. The predicted octanol–water partition coefficient (Wildman–Crippen LogP) is 3.59. The van der Waals surface area contributed by atoms with Gasteiger partial charge in [-0.1, -0.05) is 0 Å². The lowest BCUT2D eigenvalue weighted by atomic mass is 10.2. The number of aromatic nitrogens is 1. The SMILES string of the molecule is CCOC(=O)Cc1sc(-c2cc3ccc(F)cc3oc2=N)nc1C. The Bertz CT molecular complexity index is 978. The van der Waals surface area contributed by atoms with Gasteiger partial charge in [-0.15, -0.1) is 11.3 Å². The van der Waals surface area contributed by atoms with Crippen LogP contribution >= 0.6 is 11.3 Å². The van der Waals surface area contributed by atoms with E-state index >= 15 is 0 Å². The third-order valence-corrected chi connectivity index (χ3v) is 4.66. The number of hydrogen-bond donors (Lipinski definition) is 1. The maximum absolute atomic E-state index is 13.3. The number of rotatable bonds is 4. The van der Waals surface area contributed by atoms with Crippen LogP contribution in [0, 0.1) is 18.2 Å². The molecule has 3 aromatic rings. The monoisotopic (exact) mass is 346 g/mol. The van der Waals surface area contributed by atoms with Crippen molar-refractivity contribution in [1.29, 1.82) is 5.41 Å². The Morgan fingerprint density at radius 1 is 1.42 bits per heavy atom.